The monoisotopic (exact) mass is 414 g/mol. The molecule has 2 aromatic carbocycles. The molecule has 3 rings (SSSR count). The van der Waals surface area contributed by atoms with Gasteiger partial charge in [-0.3, -0.25) is 0 Å². The van der Waals surface area contributed by atoms with Gasteiger partial charge in [0.05, 0.1) is 32.0 Å². The predicted octanol–water partition coefficient (Wildman–Crippen LogP) is 2.68. The van der Waals surface area contributed by atoms with E-state index in [2.05, 4.69) is 6.58 Å². The normalized spacial score (nSPS) is 25.7. The Balaban J connectivity index is 1.80. The second-order valence-electron chi connectivity index (χ2n) is 7.29. The topological polar surface area (TPSA) is 77.4 Å². The maximum atomic E-state index is 10.3. The van der Waals surface area contributed by atoms with Crippen molar-refractivity contribution in [2.45, 2.75) is 43.9 Å². The molecule has 6 nitrogen and oxygen atoms in total. The molecule has 0 aliphatic carbocycles. The van der Waals surface area contributed by atoms with Crippen LogP contribution in [0, 0.1) is 5.92 Å². The van der Waals surface area contributed by atoms with Crippen molar-refractivity contribution < 1.29 is 29.2 Å². The molecule has 0 aromatic heterocycles. The lowest BCUT2D eigenvalue weighted by atomic mass is 9.91. The van der Waals surface area contributed by atoms with Gasteiger partial charge in [-0.05, 0) is 11.1 Å². The van der Waals surface area contributed by atoms with E-state index in [0.717, 1.165) is 11.1 Å². The van der Waals surface area contributed by atoms with Crippen LogP contribution < -0.4 is 0 Å². The van der Waals surface area contributed by atoms with Crippen molar-refractivity contribution in [2.75, 3.05) is 13.7 Å². The zero-order valence-electron chi connectivity index (χ0n) is 17.2. The molecule has 1 heterocycles. The van der Waals surface area contributed by atoms with E-state index in [1.54, 1.807) is 13.2 Å². The first-order chi connectivity index (χ1) is 14.7. The second-order valence-corrected chi connectivity index (χ2v) is 7.29. The van der Waals surface area contributed by atoms with Crippen LogP contribution in [0.15, 0.2) is 73.3 Å². The highest BCUT2D eigenvalue weighted by molar-refractivity contribution is 5.15. The molecule has 2 aromatic rings. The number of aliphatic hydroxyl groups excluding tert-OH is 2. The highest BCUT2D eigenvalue weighted by Crippen LogP contribution is 2.34. The molecule has 2 N–H and O–H groups in total. The number of benzene rings is 2. The molecule has 1 aliphatic heterocycles. The van der Waals surface area contributed by atoms with Gasteiger partial charge in [0, 0.05) is 13.0 Å². The Morgan fingerprint density at radius 1 is 0.967 bits per heavy atom. The number of aliphatic hydroxyl groups is 2. The van der Waals surface area contributed by atoms with Gasteiger partial charge in [0.2, 0.25) is 0 Å². The predicted molar refractivity (Wildman–Crippen MR) is 112 cm³/mol. The maximum absolute atomic E-state index is 10.3. The molecule has 6 atom stereocenters. The van der Waals surface area contributed by atoms with Crippen molar-refractivity contribution in [3.05, 3.63) is 84.4 Å². The van der Waals surface area contributed by atoms with Crippen LogP contribution in [0.1, 0.15) is 11.1 Å². The summed E-state index contributed by atoms with van der Waals surface area (Å²) in [6.45, 7) is 4.12. The van der Waals surface area contributed by atoms with Crippen LogP contribution in [0.4, 0.5) is 0 Å². The molecule has 0 saturated carbocycles. The summed E-state index contributed by atoms with van der Waals surface area (Å²) in [6, 6.07) is 19.6. The van der Waals surface area contributed by atoms with Gasteiger partial charge in [-0.2, -0.15) is 0 Å². The second kappa shape index (κ2) is 11.4. The van der Waals surface area contributed by atoms with E-state index in [9.17, 15) is 10.2 Å². The average molecular weight is 414 g/mol. The lowest BCUT2D eigenvalue weighted by molar-refractivity contribution is -0.172. The first-order valence-corrected chi connectivity index (χ1v) is 10.1. The summed E-state index contributed by atoms with van der Waals surface area (Å²) in [5.41, 5.74) is 2.03. The van der Waals surface area contributed by atoms with Gasteiger partial charge in [-0.1, -0.05) is 66.7 Å². The first-order valence-electron chi connectivity index (χ1n) is 10.1. The van der Waals surface area contributed by atoms with Crippen LogP contribution in [0.25, 0.3) is 0 Å². The third-order valence-electron chi connectivity index (χ3n) is 5.29. The largest absolute Gasteiger partial charge is 0.394 e. The standard InChI is InChI=1S/C24H30O6/c1-3-19(20(26)14-25)21-22(28-15-17-10-6-4-7-11-17)23(24(27-2)30-21)29-16-18-12-8-5-9-13-18/h3-13,19-26H,1,14-16H2,2H3/t19-,20+,21+,22+,23+,24+/m0/s1. The van der Waals surface area contributed by atoms with Gasteiger partial charge in [0.15, 0.2) is 6.29 Å². The molecule has 0 radical (unpaired) electrons. The minimum Gasteiger partial charge on any atom is -0.394 e. The Morgan fingerprint density at radius 3 is 1.97 bits per heavy atom. The van der Waals surface area contributed by atoms with E-state index in [0.29, 0.717) is 13.2 Å². The van der Waals surface area contributed by atoms with E-state index < -0.39 is 43.2 Å². The minimum atomic E-state index is -1.03. The Labute approximate surface area is 177 Å². The number of hydrogen-bond acceptors (Lipinski definition) is 6. The van der Waals surface area contributed by atoms with Crippen molar-refractivity contribution in [1.82, 2.24) is 0 Å². The lowest BCUT2D eigenvalue weighted by Crippen LogP contribution is -2.43. The van der Waals surface area contributed by atoms with E-state index >= 15 is 0 Å². The highest BCUT2D eigenvalue weighted by atomic mass is 16.7. The lowest BCUT2D eigenvalue weighted by Gasteiger charge is -2.29. The molecule has 0 spiro atoms. The summed E-state index contributed by atoms with van der Waals surface area (Å²) < 4.78 is 24.0. The van der Waals surface area contributed by atoms with E-state index in [-0.39, 0.29) is 0 Å². The molecule has 0 bridgehead atoms. The Hall–Kier alpha value is -2.06. The van der Waals surface area contributed by atoms with Crippen LogP contribution in [0.2, 0.25) is 0 Å². The van der Waals surface area contributed by atoms with Crippen molar-refractivity contribution in [3.63, 3.8) is 0 Å². The quantitative estimate of drug-likeness (QED) is 0.551. The molecular formula is C24H30O6. The molecule has 30 heavy (non-hydrogen) atoms. The molecular weight excluding hydrogens is 384 g/mol. The summed E-state index contributed by atoms with van der Waals surface area (Å²) in [5, 5.41) is 19.8. The molecule has 162 valence electrons. The fourth-order valence-corrected chi connectivity index (χ4v) is 3.68. The fourth-order valence-electron chi connectivity index (χ4n) is 3.68. The summed E-state index contributed by atoms with van der Waals surface area (Å²) in [7, 11) is 1.55. The number of methoxy groups -OCH3 is 1. The number of rotatable bonds is 11. The van der Waals surface area contributed by atoms with E-state index in [1.807, 2.05) is 60.7 Å². The van der Waals surface area contributed by atoms with Gasteiger partial charge in [0.1, 0.15) is 12.2 Å². The third kappa shape index (κ3) is 5.55. The SMILES string of the molecule is C=C[C@H]([C@H]1O[C@@H](OC)[C@H](OCc2ccccc2)[C@@H]1OCc1ccccc1)[C@H](O)CO. The summed E-state index contributed by atoms with van der Waals surface area (Å²) in [4.78, 5) is 0. The summed E-state index contributed by atoms with van der Waals surface area (Å²) >= 11 is 0. The smallest absolute Gasteiger partial charge is 0.186 e. The average Bonchev–Trinajstić information content (AvgIpc) is 3.15. The van der Waals surface area contributed by atoms with E-state index in [4.69, 9.17) is 18.9 Å². The van der Waals surface area contributed by atoms with E-state index in [1.165, 1.54) is 0 Å². The van der Waals surface area contributed by atoms with Crippen LogP contribution in [-0.4, -0.2) is 54.6 Å². The molecule has 6 heteroatoms. The highest BCUT2D eigenvalue weighted by Gasteiger charge is 2.50. The van der Waals surface area contributed by atoms with Crippen molar-refractivity contribution in [3.8, 4) is 0 Å². The summed E-state index contributed by atoms with van der Waals surface area (Å²) in [6.07, 6.45) is -1.75. The first kappa shape index (κ1) is 22.6. The number of hydrogen-bond donors (Lipinski definition) is 2. The molecule has 1 fully saturated rings. The van der Waals surface area contributed by atoms with Crippen LogP contribution in [0.5, 0.6) is 0 Å². The molecule has 1 saturated heterocycles. The number of ether oxygens (including phenoxy) is 4. The van der Waals surface area contributed by atoms with Crippen LogP contribution >= 0.6 is 0 Å². The van der Waals surface area contributed by atoms with Gasteiger partial charge < -0.3 is 29.2 Å². The zero-order valence-corrected chi connectivity index (χ0v) is 17.2. The minimum absolute atomic E-state index is 0.353. The van der Waals surface area contributed by atoms with Gasteiger partial charge in [-0.15, -0.1) is 6.58 Å². The molecule has 1 aliphatic rings. The molecule has 0 amide bonds. The van der Waals surface area contributed by atoms with Gasteiger partial charge in [0.25, 0.3) is 0 Å². The Bertz CT molecular complexity index is 753. The maximum Gasteiger partial charge on any atom is 0.186 e. The van der Waals surface area contributed by atoms with Crippen LogP contribution in [0.3, 0.4) is 0 Å². The Kier molecular flexibility index (Phi) is 8.57. The summed E-state index contributed by atoms with van der Waals surface area (Å²) in [5.74, 6) is -0.543. The zero-order chi connectivity index (χ0) is 21.3. The van der Waals surface area contributed by atoms with Crippen LogP contribution in [-0.2, 0) is 32.2 Å². The molecule has 0 unspecified atom stereocenters. The van der Waals surface area contributed by atoms with Gasteiger partial charge >= 0.3 is 0 Å². The Morgan fingerprint density at radius 2 is 1.50 bits per heavy atom. The van der Waals surface area contributed by atoms with Crippen molar-refractivity contribution in [1.29, 1.82) is 0 Å². The van der Waals surface area contributed by atoms with Crippen molar-refractivity contribution >= 4 is 0 Å². The fraction of sp³-hybridized carbons (Fsp3) is 0.417. The third-order valence-corrected chi connectivity index (χ3v) is 5.29. The van der Waals surface area contributed by atoms with Crippen molar-refractivity contribution in [2.24, 2.45) is 5.92 Å². The van der Waals surface area contributed by atoms with Gasteiger partial charge in [-0.25, -0.2) is 0 Å².